The number of aliphatic hydroxyl groups is 9. The van der Waals surface area contributed by atoms with E-state index < -0.39 is 105 Å². The van der Waals surface area contributed by atoms with Gasteiger partial charge in [0.2, 0.25) is 5.91 Å². The first kappa shape index (κ1) is 55.4. The molecule has 334 valence electrons. The number of hydrogen-bond donors (Lipinski definition) is 14. The van der Waals surface area contributed by atoms with Crippen LogP contribution in [0.1, 0.15) is 48.4 Å². The zero-order valence-electron chi connectivity index (χ0n) is 30.9. The Morgan fingerprint density at radius 3 is 1.12 bits per heavy atom. The Morgan fingerprint density at radius 1 is 0.500 bits per heavy atom. The van der Waals surface area contributed by atoms with Gasteiger partial charge in [-0.05, 0) is 136 Å². The molecular weight excluding hydrogens is 1480 g/mol. The summed E-state index contributed by atoms with van der Waals surface area (Å²) >= 11 is 10.5. The first-order chi connectivity index (χ1) is 28.1. The molecule has 6 amide bonds. The molecule has 14 N–H and O–H groups in total. The van der Waals surface area contributed by atoms with Crippen molar-refractivity contribution in [3.05, 3.63) is 43.7 Å². The maximum atomic E-state index is 13.9. The van der Waals surface area contributed by atoms with Crippen LogP contribution in [0.4, 0.5) is 11.4 Å². The van der Waals surface area contributed by atoms with Crippen LogP contribution in [0.5, 0.6) is 0 Å². The number of benzene rings is 2. The second kappa shape index (κ2) is 26.3. The number of carbonyl (C=O) groups excluding carboxylic acids is 6. The fourth-order valence-electron chi connectivity index (χ4n) is 4.79. The van der Waals surface area contributed by atoms with Crippen LogP contribution in [0.15, 0.2) is 0 Å². The average Bonchev–Trinajstić information content (AvgIpc) is 3.20. The largest absolute Gasteiger partial charge is 0.394 e. The maximum Gasteiger partial charge on any atom is 0.255 e. The SMILES string of the molecule is CC(=O)N(CC(O)CNC(=O)c1c(I)c(NC(=O)C(O)CO)c(I)c(C(=O)NCC(O)CO)c1I)c1c(I)c(C(=O)NCC(O)CO)c(I)c(C(=O)NCC(O)CO)c1I. The van der Waals surface area contributed by atoms with Gasteiger partial charge >= 0.3 is 0 Å². The number of amides is 6. The van der Waals surface area contributed by atoms with Gasteiger partial charge in [0.05, 0.1) is 105 Å². The van der Waals surface area contributed by atoms with Crippen molar-refractivity contribution in [2.75, 3.05) is 69.4 Å². The van der Waals surface area contributed by atoms with Gasteiger partial charge in [-0.2, -0.15) is 0 Å². The number of aliphatic hydroxyl groups excluding tert-OH is 9. The van der Waals surface area contributed by atoms with Crippen LogP contribution in [0.3, 0.4) is 0 Å². The van der Waals surface area contributed by atoms with E-state index in [2.05, 4.69) is 26.6 Å². The number of carbonyl (C=O) groups is 6. The number of halogens is 6. The monoisotopic (exact) mass is 1520 g/mol. The summed E-state index contributed by atoms with van der Waals surface area (Å²) in [5.41, 5.74) is -0.606. The number of nitrogens with zero attached hydrogens (tertiary/aromatic N) is 1. The zero-order chi connectivity index (χ0) is 45.8. The van der Waals surface area contributed by atoms with Gasteiger partial charge < -0.3 is 77.4 Å². The lowest BCUT2D eigenvalue weighted by Gasteiger charge is -2.29. The normalized spacial score (nSPS) is 13.7. The van der Waals surface area contributed by atoms with Crippen molar-refractivity contribution >= 4 is 182 Å². The van der Waals surface area contributed by atoms with Crippen LogP contribution < -0.4 is 31.5 Å². The second-order valence-corrected chi connectivity index (χ2v) is 18.9. The van der Waals surface area contributed by atoms with Gasteiger partial charge in [-0.1, -0.05) is 0 Å². The van der Waals surface area contributed by atoms with Crippen LogP contribution in [0, 0.1) is 21.4 Å². The summed E-state index contributed by atoms with van der Waals surface area (Å²) in [7, 11) is 0. The number of hydrogen-bond acceptors (Lipinski definition) is 15. The standard InChI is InChI=1S/C33H40I6N6O15/c1-11(50)45(28-25(38)19(32(59)42-4-14(53)8-47)22(35)20(26(28)39)33(60)43-5-15(54)9-48)6-12(51)2-40-30(57)17-21(34)18(31(58)41-3-13(52)7-46)24(37)27(23(17)36)44-29(56)16(55)10-49/h12-16,46-49,51-55H,2-10H2,1H3,(H,40,57)(H,41,58)(H,42,59)(H,43,60)(H,44,56). The lowest BCUT2D eigenvalue weighted by Crippen LogP contribution is -2.44. The third-order valence-electron chi connectivity index (χ3n) is 7.91. The van der Waals surface area contributed by atoms with Crippen LogP contribution in [-0.4, -0.2) is 171 Å². The summed E-state index contributed by atoms with van der Waals surface area (Å²) in [6.45, 7) is -3.99. The fraction of sp³-hybridized carbons (Fsp3) is 0.455. The van der Waals surface area contributed by atoms with E-state index in [1.165, 1.54) is 0 Å². The highest BCUT2D eigenvalue weighted by atomic mass is 127. The van der Waals surface area contributed by atoms with Gasteiger partial charge in [0, 0.05) is 40.2 Å². The summed E-state index contributed by atoms with van der Waals surface area (Å²) in [5, 5.41) is 100.0. The van der Waals surface area contributed by atoms with Crippen molar-refractivity contribution in [2.24, 2.45) is 0 Å². The Labute approximate surface area is 423 Å². The van der Waals surface area contributed by atoms with Crippen LogP contribution >= 0.6 is 136 Å². The van der Waals surface area contributed by atoms with Gasteiger partial charge in [-0.15, -0.1) is 0 Å². The Balaban J connectivity index is 2.63. The molecule has 0 heterocycles. The molecule has 60 heavy (non-hydrogen) atoms. The van der Waals surface area contributed by atoms with Gasteiger partial charge in [-0.25, -0.2) is 0 Å². The summed E-state index contributed by atoms with van der Waals surface area (Å²) in [6, 6.07) is 0. The topological polar surface area (TPSA) is 348 Å². The summed E-state index contributed by atoms with van der Waals surface area (Å²) in [6.07, 6.45) is -7.36. The van der Waals surface area contributed by atoms with E-state index in [0.717, 1.165) is 11.8 Å². The highest BCUT2D eigenvalue weighted by Crippen LogP contribution is 2.39. The molecule has 27 heteroatoms. The Bertz CT molecular complexity index is 1890. The molecule has 0 radical (unpaired) electrons. The molecule has 0 aromatic heterocycles. The van der Waals surface area contributed by atoms with Crippen molar-refractivity contribution in [2.45, 2.75) is 37.4 Å². The molecule has 0 saturated carbocycles. The van der Waals surface area contributed by atoms with E-state index in [1.807, 2.05) is 0 Å². The van der Waals surface area contributed by atoms with E-state index in [9.17, 15) is 74.7 Å². The molecule has 0 spiro atoms. The summed E-state index contributed by atoms with van der Waals surface area (Å²) < 4.78 is 0.639. The highest BCUT2D eigenvalue weighted by Gasteiger charge is 2.34. The first-order valence-corrected chi connectivity index (χ1v) is 23.5. The predicted molar refractivity (Wildman–Crippen MR) is 264 cm³/mol. The molecule has 2 aromatic carbocycles. The van der Waals surface area contributed by atoms with Crippen molar-refractivity contribution < 1.29 is 74.7 Å². The van der Waals surface area contributed by atoms with Crippen LogP contribution in [-0.2, 0) is 9.59 Å². The number of anilines is 2. The lowest BCUT2D eigenvalue weighted by atomic mass is 10.1. The van der Waals surface area contributed by atoms with Crippen molar-refractivity contribution in [1.82, 2.24) is 21.3 Å². The minimum absolute atomic E-state index is 0.00404. The van der Waals surface area contributed by atoms with Crippen molar-refractivity contribution in [3.8, 4) is 0 Å². The molecule has 0 bridgehead atoms. The molecule has 0 aliphatic rings. The van der Waals surface area contributed by atoms with E-state index in [0.29, 0.717) is 0 Å². The molecule has 0 aliphatic heterocycles. The highest BCUT2D eigenvalue weighted by molar-refractivity contribution is 14.1. The van der Waals surface area contributed by atoms with E-state index in [1.54, 1.807) is 136 Å². The molecular formula is C33H40I6N6O15. The van der Waals surface area contributed by atoms with Crippen LogP contribution in [0.2, 0.25) is 0 Å². The lowest BCUT2D eigenvalue weighted by molar-refractivity contribution is -0.125. The van der Waals surface area contributed by atoms with E-state index >= 15 is 0 Å². The number of rotatable bonds is 21. The van der Waals surface area contributed by atoms with Gasteiger partial charge in [0.15, 0.2) is 6.10 Å². The molecule has 2 rings (SSSR count). The fourth-order valence-corrected chi connectivity index (χ4v) is 13.9. The Morgan fingerprint density at radius 2 is 0.817 bits per heavy atom. The van der Waals surface area contributed by atoms with Crippen LogP contribution in [0.25, 0.3) is 0 Å². The molecule has 0 aliphatic carbocycles. The second-order valence-electron chi connectivity index (χ2n) is 12.4. The molecule has 21 nitrogen and oxygen atoms in total. The maximum absolute atomic E-state index is 13.9. The van der Waals surface area contributed by atoms with Crippen molar-refractivity contribution in [3.63, 3.8) is 0 Å². The van der Waals surface area contributed by atoms with Gasteiger partial charge in [-0.3, -0.25) is 28.8 Å². The van der Waals surface area contributed by atoms with Gasteiger partial charge in [0.25, 0.3) is 29.5 Å². The molecule has 5 atom stereocenters. The predicted octanol–water partition coefficient (Wildman–Crippen LogP) is -2.00. The zero-order valence-corrected chi connectivity index (χ0v) is 43.9. The number of nitrogens with one attached hydrogen (secondary N) is 5. The molecule has 0 saturated heterocycles. The minimum atomic E-state index is -1.86. The van der Waals surface area contributed by atoms with E-state index in [4.69, 9.17) is 0 Å². The average molecular weight is 1520 g/mol. The third-order valence-corrected chi connectivity index (χ3v) is 14.3. The van der Waals surface area contributed by atoms with E-state index in [-0.39, 0.29) is 74.7 Å². The molecule has 2 aromatic rings. The smallest absolute Gasteiger partial charge is 0.255 e. The Kier molecular flexibility index (Phi) is 24.3. The summed E-state index contributed by atoms with van der Waals surface area (Å²) in [5.74, 6) is -5.01. The molecule has 5 unspecified atom stereocenters. The quantitative estimate of drug-likeness (QED) is 0.0602. The van der Waals surface area contributed by atoms with Crippen molar-refractivity contribution in [1.29, 1.82) is 0 Å². The van der Waals surface area contributed by atoms with Gasteiger partial charge in [0.1, 0.15) is 0 Å². The third kappa shape index (κ3) is 14.7. The minimum Gasteiger partial charge on any atom is -0.394 e. The Hall–Kier alpha value is -0.720. The first-order valence-electron chi connectivity index (χ1n) is 17.1. The molecule has 0 fully saturated rings. The summed E-state index contributed by atoms with van der Waals surface area (Å²) in [4.78, 5) is 81.3.